The van der Waals surface area contributed by atoms with Gasteiger partial charge in [0.05, 0.1) is 7.11 Å². The minimum atomic E-state index is 0.503. The summed E-state index contributed by atoms with van der Waals surface area (Å²) < 4.78 is 7.19. The molecule has 0 aliphatic rings. The van der Waals surface area contributed by atoms with Crippen LogP contribution in [-0.4, -0.2) is 46.3 Å². The van der Waals surface area contributed by atoms with Crippen LogP contribution in [0.4, 0.5) is 0 Å². The van der Waals surface area contributed by atoms with E-state index in [1.54, 1.807) is 13.4 Å². The zero-order chi connectivity index (χ0) is 17.4. The lowest BCUT2D eigenvalue weighted by molar-refractivity contribution is 0.414. The Morgan fingerprint density at radius 1 is 1.29 bits per heavy atom. The van der Waals surface area contributed by atoms with E-state index in [0.717, 1.165) is 37.2 Å². The molecule has 0 aliphatic carbocycles. The molecule has 0 radical (unpaired) electrons. The van der Waals surface area contributed by atoms with Gasteiger partial charge in [-0.2, -0.15) is 0 Å². The fraction of sp³-hybridized carbons (Fsp3) is 0.471. The molecule has 0 aliphatic heterocycles. The van der Waals surface area contributed by atoms with E-state index in [0.29, 0.717) is 6.54 Å². The molecule has 1 aromatic carbocycles. The summed E-state index contributed by atoms with van der Waals surface area (Å²) in [5.74, 6) is 2.57. The highest BCUT2D eigenvalue weighted by Crippen LogP contribution is 2.12. The summed E-state index contributed by atoms with van der Waals surface area (Å²) in [5, 5.41) is 11.4. The van der Waals surface area contributed by atoms with E-state index in [2.05, 4.69) is 51.4 Å². The maximum Gasteiger partial charge on any atom is 0.194 e. The van der Waals surface area contributed by atoms with E-state index in [1.807, 2.05) is 23.7 Å². The van der Waals surface area contributed by atoms with Gasteiger partial charge >= 0.3 is 0 Å². The number of hydrogen-bond donors (Lipinski definition) is 1. The number of methoxy groups -OCH3 is 1. The number of aromatic nitrogens is 3. The minimum absolute atomic E-state index is 0.503. The molecule has 2 rings (SSSR count). The van der Waals surface area contributed by atoms with Crippen molar-refractivity contribution in [3.8, 4) is 5.75 Å². The lowest BCUT2D eigenvalue weighted by atomic mass is 10.2. The van der Waals surface area contributed by atoms with Crippen LogP contribution in [0.1, 0.15) is 25.2 Å². The third kappa shape index (κ3) is 4.71. The van der Waals surface area contributed by atoms with Gasteiger partial charge in [-0.3, -0.25) is 0 Å². The molecule has 0 unspecified atom stereocenters. The fourth-order valence-corrected chi connectivity index (χ4v) is 2.36. The van der Waals surface area contributed by atoms with Crippen molar-refractivity contribution in [3.63, 3.8) is 0 Å². The second-order valence-electron chi connectivity index (χ2n) is 5.41. The molecule has 1 N–H and O–H groups in total. The number of guanidine groups is 1. The summed E-state index contributed by atoms with van der Waals surface area (Å²) in [6.07, 6.45) is 1.73. The highest BCUT2D eigenvalue weighted by Gasteiger charge is 2.08. The Hall–Kier alpha value is -2.57. The van der Waals surface area contributed by atoms with Gasteiger partial charge in [0.2, 0.25) is 0 Å². The Morgan fingerprint density at radius 3 is 2.67 bits per heavy atom. The van der Waals surface area contributed by atoms with Crippen molar-refractivity contribution in [2.45, 2.75) is 33.5 Å². The summed E-state index contributed by atoms with van der Waals surface area (Å²) in [6.45, 7) is 7.05. The van der Waals surface area contributed by atoms with Gasteiger partial charge in [-0.05, 0) is 31.5 Å². The van der Waals surface area contributed by atoms with Crippen molar-refractivity contribution in [2.24, 2.45) is 4.99 Å². The van der Waals surface area contributed by atoms with Crippen LogP contribution in [0.2, 0.25) is 0 Å². The molecular formula is C17H26N6O. The molecule has 2 aromatic rings. The van der Waals surface area contributed by atoms with Gasteiger partial charge in [0, 0.05) is 26.7 Å². The molecule has 0 atom stereocenters. The second-order valence-corrected chi connectivity index (χ2v) is 5.41. The van der Waals surface area contributed by atoms with Crippen molar-refractivity contribution in [1.29, 1.82) is 0 Å². The quantitative estimate of drug-likeness (QED) is 0.620. The molecule has 7 heteroatoms. The topological polar surface area (TPSA) is 67.6 Å². The van der Waals surface area contributed by atoms with Crippen molar-refractivity contribution in [1.82, 2.24) is 25.0 Å². The molecule has 0 saturated carbocycles. The average Bonchev–Trinajstić information content (AvgIpc) is 3.06. The van der Waals surface area contributed by atoms with Crippen molar-refractivity contribution >= 4 is 5.96 Å². The Balaban J connectivity index is 2.05. The van der Waals surface area contributed by atoms with E-state index in [4.69, 9.17) is 4.74 Å². The molecule has 24 heavy (non-hydrogen) atoms. The molecule has 0 amide bonds. The maximum absolute atomic E-state index is 5.20. The summed E-state index contributed by atoms with van der Waals surface area (Å²) in [5.41, 5.74) is 1.20. The van der Waals surface area contributed by atoms with Gasteiger partial charge in [0.25, 0.3) is 0 Å². The highest BCUT2D eigenvalue weighted by molar-refractivity contribution is 5.79. The Kier molecular flexibility index (Phi) is 6.60. The van der Waals surface area contributed by atoms with Crippen molar-refractivity contribution in [2.75, 3.05) is 20.7 Å². The zero-order valence-corrected chi connectivity index (χ0v) is 14.9. The monoisotopic (exact) mass is 330 g/mol. The molecule has 1 heterocycles. The number of aliphatic imine (C=N–C) groups is 1. The minimum Gasteiger partial charge on any atom is -0.497 e. The van der Waals surface area contributed by atoms with E-state index >= 15 is 0 Å². The van der Waals surface area contributed by atoms with Crippen LogP contribution < -0.4 is 10.1 Å². The number of aryl methyl sites for hydroxylation is 1. The van der Waals surface area contributed by atoms with E-state index in [9.17, 15) is 0 Å². The number of ether oxygens (including phenoxy) is 1. The lowest BCUT2D eigenvalue weighted by Gasteiger charge is -2.22. The van der Waals surface area contributed by atoms with Crippen molar-refractivity contribution in [3.05, 3.63) is 42.0 Å². The SMILES string of the molecule is CCNC(=NCc1nncn1CC)N(C)Cc1ccc(OC)cc1. The summed E-state index contributed by atoms with van der Waals surface area (Å²) >= 11 is 0. The summed E-state index contributed by atoms with van der Waals surface area (Å²) in [4.78, 5) is 6.77. The van der Waals surface area contributed by atoms with Gasteiger partial charge in [-0.1, -0.05) is 12.1 Å². The van der Waals surface area contributed by atoms with Gasteiger partial charge in [-0.15, -0.1) is 10.2 Å². The Morgan fingerprint density at radius 2 is 2.04 bits per heavy atom. The molecule has 0 bridgehead atoms. The van der Waals surface area contributed by atoms with Crippen LogP contribution in [0.5, 0.6) is 5.75 Å². The molecule has 0 spiro atoms. The first-order valence-electron chi connectivity index (χ1n) is 8.17. The first-order valence-corrected chi connectivity index (χ1v) is 8.17. The van der Waals surface area contributed by atoms with Crippen LogP contribution in [0, 0.1) is 0 Å². The predicted octanol–water partition coefficient (Wildman–Crippen LogP) is 1.90. The smallest absolute Gasteiger partial charge is 0.194 e. The Bertz CT molecular complexity index is 649. The summed E-state index contributed by atoms with van der Waals surface area (Å²) in [7, 11) is 3.70. The van der Waals surface area contributed by atoms with Crippen LogP contribution in [0.25, 0.3) is 0 Å². The van der Waals surface area contributed by atoms with E-state index in [1.165, 1.54) is 5.56 Å². The molecule has 130 valence electrons. The normalized spacial score (nSPS) is 11.4. The van der Waals surface area contributed by atoms with Crippen molar-refractivity contribution < 1.29 is 4.74 Å². The highest BCUT2D eigenvalue weighted by atomic mass is 16.5. The fourth-order valence-electron chi connectivity index (χ4n) is 2.36. The van der Waals surface area contributed by atoms with Crippen LogP contribution >= 0.6 is 0 Å². The summed E-state index contributed by atoms with van der Waals surface area (Å²) in [6, 6.07) is 8.06. The van der Waals surface area contributed by atoms with Gasteiger partial charge in [0.15, 0.2) is 11.8 Å². The maximum atomic E-state index is 5.20. The largest absolute Gasteiger partial charge is 0.497 e. The number of nitrogens with zero attached hydrogens (tertiary/aromatic N) is 5. The standard InChI is InChI=1S/C17H26N6O/c1-5-18-17(19-11-16-21-20-13-23(16)6-2)22(3)12-14-7-9-15(24-4)10-8-14/h7-10,13H,5-6,11-12H2,1-4H3,(H,18,19). The molecule has 7 nitrogen and oxygen atoms in total. The molecular weight excluding hydrogens is 304 g/mol. The number of hydrogen-bond acceptors (Lipinski definition) is 4. The third-order valence-electron chi connectivity index (χ3n) is 3.68. The van der Waals surface area contributed by atoms with Gasteiger partial charge in [-0.25, -0.2) is 4.99 Å². The second kappa shape index (κ2) is 8.90. The molecule has 0 fully saturated rings. The molecule has 1 aromatic heterocycles. The van der Waals surface area contributed by atoms with E-state index in [-0.39, 0.29) is 0 Å². The molecule has 0 saturated heterocycles. The Labute approximate surface area is 143 Å². The first kappa shape index (κ1) is 17.8. The van der Waals surface area contributed by atoms with Crippen LogP contribution in [0.3, 0.4) is 0 Å². The third-order valence-corrected chi connectivity index (χ3v) is 3.68. The van der Waals surface area contributed by atoms with Crippen LogP contribution in [-0.2, 0) is 19.6 Å². The first-order chi connectivity index (χ1) is 11.7. The lowest BCUT2D eigenvalue weighted by Crippen LogP contribution is -2.38. The number of rotatable bonds is 7. The zero-order valence-electron chi connectivity index (χ0n) is 14.9. The van der Waals surface area contributed by atoms with Crippen LogP contribution in [0.15, 0.2) is 35.6 Å². The number of benzene rings is 1. The average molecular weight is 330 g/mol. The number of nitrogens with one attached hydrogen (secondary N) is 1. The van der Waals surface area contributed by atoms with Gasteiger partial charge < -0.3 is 19.5 Å². The van der Waals surface area contributed by atoms with E-state index < -0.39 is 0 Å². The van der Waals surface area contributed by atoms with Gasteiger partial charge in [0.1, 0.15) is 18.6 Å². The predicted molar refractivity (Wildman–Crippen MR) is 95.0 cm³/mol.